The van der Waals surface area contributed by atoms with Crippen molar-refractivity contribution in [2.24, 2.45) is 0 Å². The number of fused-ring (bicyclic) bond motifs is 1. The number of rotatable bonds is 4. The molecule has 0 spiro atoms. The third-order valence-corrected chi connectivity index (χ3v) is 5.25. The van der Waals surface area contributed by atoms with Gasteiger partial charge in [0.2, 0.25) is 5.88 Å². The van der Waals surface area contributed by atoms with E-state index in [1.165, 1.54) is 5.56 Å². The Balaban J connectivity index is 0.000000333. The van der Waals surface area contributed by atoms with Gasteiger partial charge < -0.3 is 14.9 Å². The Morgan fingerprint density at radius 3 is 2.02 bits per heavy atom. The first-order valence-electron chi connectivity index (χ1n) is 11.3. The van der Waals surface area contributed by atoms with Gasteiger partial charge in [-0.15, -0.1) is 0 Å². The van der Waals surface area contributed by atoms with Crippen LogP contribution in [0, 0.1) is 0 Å². The molecule has 0 bridgehead atoms. The summed E-state index contributed by atoms with van der Waals surface area (Å²) in [7, 11) is 1.67. The molecule has 2 N–H and O–H groups in total. The van der Waals surface area contributed by atoms with Gasteiger partial charge in [-0.3, -0.25) is 9.88 Å². The minimum atomic E-state index is -5.08. The third kappa shape index (κ3) is 9.76. The number of aromatic nitrogens is 4. The van der Waals surface area contributed by atoms with E-state index in [2.05, 4.69) is 30.9 Å². The topological polar surface area (TPSA) is 139 Å². The van der Waals surface area contributed by atoms with E-state index in [0.29, 0.717) is 5.88 Å². The predicted molar refractivity (Wildman–Crippen MR) is 126 cm³/mol. The number of hydrogen-bond donors (Lipinski definition) is 2. The summed E-state index contributed by atoms with van der Waals surface area (Å²) in [5, 5.41) is 14.2. The third-order valence-electron chi connectivity index (χ3n) is 5.25. The smallest absolute Gasteiger partial charge is 0.481 e. The molecule has 0 aromatic carbocycles. The molecule has 0 unspecified atom stereocenters. The molecule has 0 saturated heterocycles. The standard InChI is InChI=1S/C20H21N5O.2C2HF3O2/c1-26-20-16(3-2-8-22-20)13-25-11-6-17-18(7-12-25)23-14-24-19(17)15-4-9-21-10-5-15;2*3-2(4,5)1(6)7/h2-5,8-10,14H,6-7,11-13H2,1H3;2*(H,6,7). The number of aliphatic carboxylic acids is 2. The van der Waals surface area contributed by atoms with Crippen LogP contribution in [-0.4, -0.2) is 79.5 Å². The van der Waals surface area contributed by atoms with Crippen molar-refractivity contribution < 1.29 is 50.9 Å². The molecule has 0 atom stereocenters. The molecule has 4 rings (SSSR count). The molecule has 16 heteroatoms. The first-order chi connectivity index (χ1) is 18.7. The number of methoxy groups -OCH3 is 1. The second-order valence-electron chi connectivity index (χ2n) is 7.94. The molecule has 1 aliphatic heterocycles. The zero-order chi connectivity index (χ0) is 29.9. The summed E-state index contributed by atoms with van der Waals surface area (Å²) in [5.74, 6) is -4.81. The normalized spacial score (nSPS) is 13.4. The van der Waals surface area contributed by atoms with Crippen molar-refractivity contribution in [1.82, 2.24) is 24.8 Å². The second-order valence-corrected chi connectivity index (χ2v) is 7.94. The molecule has 0 fully saturated rings. The van der Waals surface area contributed by atoms with E-state index in [1.54, 1.807) is 19.6 Å². The van der Waals surface area contributed by atoms with Gasteiger partial charge in [0.1, 0.15) is 6.33 Å². The van der Waals surface area contributed by atoms with E-state index in [0.717, 1.165) is 55.0 Å². The van der Waals surface area contributed by atoms with Crippen molar-refractivity contribution in [1.29, 1.82) is 0 Å². The fraction of sp³-hybridized carbons (Fsp3) is 0.333. The minimum absolute atomic E-state index is 0.700. The lowest BCUT2D eigenvalue weighted by molar-refractivity contribution is -0.193. The van der Waals surface area contributed by atoms with Gasteiger partial charge in [0.05, 0.1) is 12.8 Å². The molecular formula is C24H23F6N5O5. The van der Waals surface area contributed by atoms with Crippen LogP contribution >= 0.6 is 0 Å². The highest BCUT2D eigenvalue weighted by atomic mass is 19.4. The summed E-state index contributed by atoms with van der Waals surface area (Å²) in [6, 6.07) is 8.04. The highest BCUT2D eigenvalue weighted by Gasteiger charge is 2.38. The fourth-order valence-electron chi connectivity index (χ4n) is 3.46. The highest BCUT2D eigenvalue weighted by molar-refractivity contribution is 5.73. The van der Waals surface area contributed by atoms with Gasteiger partial charge in [0.25, 0.3) is 0 Å². The Labute approximate surface area is 223 Å². The average Bonchev–Trinajstić information content (AvgIpc) is 3.11. The molecule has 0 amide bonds. The Hall–Kier alpha value is -4.34. The number of carbonyl (C=O) groups is 2. The number of alkyl halides is 6. The minimum Gasteiger partial charge on any atom is -0.481 e. The molecule has 0 radical (unpaired) electrons. The SMILES string of the molecule is COc1ncccc1CN1CCc2ncnc(-c3ccncc3)c2CC1.O=C(O)C(F)(F)F.O=C(O)C(F)(F)F. The number of nitrogens with zero attached hydrogens (tertiary/aromatic N) is 5. The molecule has 10 nitrogen and oxygen atoms in total. The summed E-state index contributed by atoms with van der Waals surface area (Å²) in [4.78, 5) is 37.7. The molecular weight excluding hydrogens is 552 g/mol. The van der Waals surface area contributed by atoms with Crippen molar-refractivity contribution >= 4 is 11.9 Å². The van der Waals surface area contributed by atoms with Gasteiger partial charge in [0, 0.05) is 67.0 Å². The molecule has 0 aliphatic carbocycles. The lowest BCUT2D eigenvalue weighted by Crippen LogP contribution is -2.26. The van der Waals surface area contributed by atoms with E-state index in [1.807, 2.05) is 30.6 Å². The van der Waals surface area contributed by atoms with Crippen LogP contribution in [0.3, 0.4) is 0 Å². The number of carboxylic acids is 2. The van der Waals surface area contributed by atoms with Crippen LogP contribution in [0.5, 0.6) is 5.88 Å². The number of hydrogen-bond acceptors (Lipinski definition) is 8. The van der Waals surface area contributed by atoms with E-state index in [-0.39, 0.29) is 0 Å². The monoisotopic (exact) mass is 575 g/mol. The first-order valence-corrected chi connectivity index (χ1v) is 11.3. The molecule has 1 aliphatic rings. The molecule has 3 aromatic heterocycles. The summed E-state index contributed by atoms with van der Waals surface area (Å²) in [6.45, 7) is 2.73. The first kappa shape index (κ1) is 31.9. The zero-order valence-electron chi connectivity index (χ0n) is 20.8. The van der Waals surface area contributed by atoms with Gasteiger partial charge in [-0.1, -0.05) is 6.07 Å². The van der Waals surface area contributed by atoms with Gasteiger partial charge in [-0.05, 0) is 24.6 Å². The Morgan fingerprint density at radius 1 is 0.900 bits per heavy atom. The second kappa shape index (κ2) is 14.2. The predicted octanol–water partition coefficient (Wildman–Crippen LogP) is 3.81. The lowest BCUT2D eigenvalue weighted by Gasteiger charge is -2.20. The maximum atomic E-state index is 10.6. The quantitative estimate of drug-likeness (QED) is 0.442. The Bertz CT molecular complexity index is 1250. The van der Waals surface area contributed by atoms with Crippen LogP contribution in [-0.2, 0) is 29.0 Å². The summed E-state index contributed by atoms with van der Waals surface area (Å²) < 4.78 is 68.9. The molecule has 40 heavy (non-hydrogen) atoms. The van der Waals surface area contributed by atoms with Crippen LogP contribution in [0.15, 0.2) is 49.2 Å². The van der Waals surface area contributed by atoms with Crippen LogP contribution in [0.4, 0.5) is 26.3 Å². The highest BCUT2D eigenvalue weighted by Crippen LogP contribution is 2.26. The van der Waals surface area contributed by atoms with Gasteiger partial charge in [-0.2, -0.15) is 26.3 Å². The van der Waals surface area contributed by atoms with Crippen molar-refractivity contribution in [3.05, 3.63) is 66.0 Å². The Kier molecular flexibility index (Phi) is 11.3. The largest absolute Gasteiger partial charge is 0.490 e. The lowest BCUT2D eigenvalue weighted by atomic mass is 10.0. The maximum absolute atomic E-state index is 10.6. The maximum Gasteiger partial charge on any atom is 0.490 e. The van der Waals surface area contributed by atoms with Crippen LogP contribution < -0.4 is 4.74 Å². The molecule has 216 valence electrons. The fourth-order valence-corrected chi connectivity index (χ4v) is 3.46. The summed E-state index contributed by atoms with van der Waals surface area (Å²) in [6.07, 6.45) is -1.27. The number of carboxylic acid groups (broad SMARTS) is 2. The number of pyridine rings is 2. The Morgan fingerprint density at radius 2 is 1.48 bits per heavy atom. The van der Waals surface area contributed by atoms with Crippen LogP contribution in [0.1, 0.15) is 16.8 Å². The molecule has 3 aromatic rings. The van der Waals surface area contributed by atoms with E-state index in [9.17, 15) is 26.3 Å². The van der Waals surface area contributed by atoms with E-state index >= 15 is 0 Å². The van der Waals surface area contributed by atoms with Gasteiger partial charge >= 0.3 is 24.3 Å². The average molecular weight is 575 g/mol. The van der Waals surface area contributed by atoms with Crippen molar-refractivity contribution in [3.8, 4) is 17.1 Å². The number of halogens is 6. The van der Waals surface area contributed by atoms with Crippen LogP contribution in [0.2, 0.25) is 0 Å². The molecule has 4 heterocycles. The van der Waals surface area contributed by atoms with E-state index < -0.39 is 24.3 Å². The van der Waals surface area contributed by atoms with Gasteiger partial charge in [-0.25, -0.2) is 24.5 Å². The zero-order valence-corrected chi connectivity index (χ0v) is 20.8. The van der Waals surface area contributed by atoms with Crippen molar-refractivity contribution in [2.45, 2.75) is 31.7 Å². The molecule has 0 saturated carbocycles. The van der Waals surface area contributed by atoms with Crippen molar-refractivity contribution in [3.63, 3.8) is 0 Å². The summed E-state index contributed by atoms with van der Waals surface area (Å²) >= 11 is 0. The van der Waals surface area contributed by atoms with Crippen LogP contribution in [0.25, 0.3) is 11.3 Å². The van der Waals surface area contributed by atoms with Crippen molar-refractivity contribution in [2.75, 3.05) is 20.2 Å². The van der Waals surface area contributed by atoms with Gasteiger partial charge in [0.15, 0.2) is 0 Å². The summed E-state index contributed by atoms with van der Waals surface area (Å²) in [5.41, 5.74) is 5.63. The van der Waals surface area contributed by atoms with E-state index in [4.69, 9.17) is 24.5 Å². The number of ether oxygens (including phenoxy) is 1.